The zero-order valence-electron chi connectivity index (χ0n) is 19.5. The van der Waals surface area contributed by atoms with Gasteiger partial charge in [-0.2, -0.15) is 0 Å². The van der Waals surface area contributed by atoms with E-state index >= 15 is 0 Å². The highest BCUT2D eigenvalue weighted by Crippen LogP contribution is 2.41. The van der Waals surface area contributed by atoms with Crippen LogP contribution in [0.4, 0.5) is 5.69 Å². The first-order valence-corrected chi connectivity index (χ1v) is 12.5. The van der Waals surface area contributed by atoms with Crippen LogP contribution in [-0.2, 0) is 14.8 Å². The number of sulfonamides is 1. The molecule has 2 aromatic carbocycles. The molecule has 0 spiro atoms. The Morgan fingerprint density at radius 2 is 1.94 bits per heavy atom. The topological polar surface area (TPSA) is 84.9 Å². The Labute approximate surface area is 190 Å². The van der Waals surface area contributed by atoms with Crippen LogP contribution >= 0.6 is 0 Å². The Morgan fingerprint density at radius 3 is 2.56 bits per heavy atom. The summed E-state index contributed by atoms with van der Waals surface area (Å²) in [6, 6.07) is 12.4. The van der Waals surface area contributed by atoms with E-state index in [9.17, 15) is 13.2 Å². The fraction of sp³-hybridized carbons (Fsp3) is 0.458. The molecule has 1 amide bonds. The van der Waals surface area contributed by atoms with Gasteiger partial charge in [0.15, 0.2) is 0 Å². The van der Waals surface area contributed by atoms with E-state index in [4.69, 9.17) is 9.47 Å². The van der Waals surface area contributed by atoms with Crippen LogP contribution in [0, 0.1) is 0 Å². The number of hydrogen-bond acceptors (Lipinski definition) is 5. The molecule has 0 saturated heterocycles. The first-order valence-electron chi connectivity index (χ1n) is 10.6. The Bertz CT molecular complexity index is 1100. The number of nitrogens with zero attached hydrogens (tertiary/aromatic N) is 1. The average Bonchev–Trinajstić information content (AvgIpc) is 2.70. The van der Waals surface area contributed by atoms with Crippen molar-refractivity contribution in [3.63, 3.8) is 0 Å². The monoisotopic (exact) mass is 460 g/mol. The van der Waals surface area contributed by atoms with Gasteiger partial charge >= 0.3 is 0 Å². The lowest BCUT2D eigenvalue weighted by Gasteiger charge is -2.38. The summed E-state index contributed by atoms with van der Waals surface area (Å²) in [6.07, 6.45) is 1.66. The van der Waals surface area contributed by atoms with Gasteiger partial charge in [0.05, 0.1) is 25.1 Å². The van der Waals surface area contributed by atoms with E-state index in [1.807, 2.05) is 58.0 Å². The number of rotatable bonds is 7. The number of anilines is 1. The molecular weight excluding hydrogens is 428 g/mol. The summed E-state index contributed by atoms with van der Waals surface area (Å²) in [6.45, 7) is 7.60. The number of benzene rings is 2. The molecule has 0 bridgehead atoms. The molecule has 1 atom stereocenters. The molecule has 0 aliphatic carbocycles. The van der Waals surface area contributed by atoms with Gasteiger partial charge in [-0.15, -0.1) is 0 Å². The first-order chi connectivity index (χ1) is 14.9. The molecule has 8 heteroatoms. The quantitative estimate of drug-likeness (QED) is 0.675. The SMILES string of the molecule is COc1ccc2c(c1)C(NC(=O)CN(c1ccccc1C(C)C)S(C)(=O)=O)CC(C)(C)O2. The highest BCUT2D eigenvalue weighted by atomic mass is 32.2. The zero-order chi connectivity index (χ0) is 23.7. The lowest BCUT2D eigenvalue weighted by molar-refractivity contribution is -0.120. The summed E-state index contributed by atoms with van der Waals surface area (Å²) in [4.78, 5) is 13.1. The van der Waals surface area contributed by atoms with Crippen LogP contribution in [0.15, 0.2) is 42.5 Å². The zero-order valence-corrected chi connectivity index (χ0v) is 20.3. The van der Waals surface area contributed by atoms with Gasteiger partial charge in [0, 0.05) is 12.0 Å². The van der Waals surface area contributed by atoms with Gasteiger partial charge in [-0.1, -0.05) is 32.0 Å². The Morgan fingerprint density at radius 1 is 1.25 bits per heavy atom. The van der Waals surface area contributed by atoms with Gasteiger partial charge in [0.1, 0.15) is 23.6 Å². The molecule has 0 saturated carbocycles. The fourth-order valence-electron chi connectivity index (χ4n) is 4.04. The molecule has 1 aliphatic heterocycles. The first kappa shape index (κ1) is 23.9. The van der Waals surface area contributed by atoms with Gasteiger partial charge in [-0.3, -0.25) is 9.10 Å². The van der Waals surface area contributed by atoms with Crippen LogP contribution in [0.25, 0.3) is 0 Å². The number of carbonyl (C=O) groups excluding carboxylic acids is 1. The minimum Gasteiger partial charge on any atom is -0.497 e. The van der Waals surface area contributed by atoms with Crippen LogP contribution < -0.4 is 19.1 Å². The van der Waals surface area contributed by atoms with E-state index in [0.29, 0.717) is 23.6 Å². The third kappa shape index (κ3) is 5.35. The molecule has 7 nitrogen and oxygen atoms in total. The molecule has 1 N–H and O–H groups in total. The lowest BCUT2D eigenvalue weighted by atomic mass is 9.89. The van der Waals surface area contributed by atoms with E-state index in [0.717, 1.165) is 17.4 Å². The number of ether oxygens (including phenoxy) is 2. The van der Waals surface area contributed by atoms with Crippen molar-refractivity contribution in [3.05, 3.63) is 53.6 Å². The summed E-state index contributed by atoms with van der Waals surface area (Å²) in [7, 11) is -2.09. The van der Waals surface area contributed by atoms with Crippen LogP contribution in [-0.4, -0.2) is 39.8 Å². The van der Waals surface area contributed by atoms with E-state index in [-0.39, 0.29) is 24.4 Å². The van der Waals surface area contributed by atoms with Crippen molar-refractivity contribution in [3.8, 4) is 11.5 Å². The molecule has 1 unspecified atom stereocenters. The Balaban J connectivity index is 1.90. The van der Waals surface area contributed by atoms with Crippen molar-refractivity contribution in [1.82, 2.24) is 5.32 Å². The Kier molecular flexibility index (Phi) is 6.74. The predicted octanol–water partition coefficient (Wildman–Crippen LogP) is 4.00. The van der Waals surface area contributed by atoms with Crippen molar-refractivity contribution < 1.29 is 22.7 Å². The third-order valence-corrected chi connectivity index (χ3v) is 6.65. The van der Waals surface area contributed by atoms with Gasteiger partial charge in [0.2, 0.25) is 15.9 Å². The second kappa shape index (κ2) is 9.02. The molecule has 1 aliphatic rings. The molecule has 32 heavy (non-hydrogen) atoms. The maximum absolute atomic E-state index is 13.1. The number of nitrogens with one attached hydrogen (secondary N) is 1. The van der Waals surface area contributed by atoms with Crippen LogP contribution in [0.3, 0.4) is 0 Å². The molecular formula is C24H32N2O5S. The number of amides is 1. The van der Waals surface area contributed by atoms with Crippen molar-refractivity contribution in [1.29, 1.82) is 0 Å². The summed E-state index contributed by atoms with van der Waals surface area (Å²) in [5, 5.41) is 3.02. The lowest BCUT2D eigenvalue weighted by Crippen LogP contribution is -2.45. The largest absolute Gasteiger partial charge is 0.497 e. The maximum atomic E-state index is 13.1. The molecule has 3 rings (SSSR count). The molecule has 0 aromatic heterocycles. The van der Waals surface area contributed by atoms with Gasteiger partial charge in [-0.25, -0.2) is 8.42 Å². The molecule has 0 radical (unpaired) electrons. The summed E-state index contributed by atoms with van der Waals surface area (Å²) >= 11 is 0. The fourth-order valence-corrected chi connectivity index (χ4v) is 4.92. The van der Waals surface area contributed by atoms with Crippen LogP contribution in [0.1, 0.15) is 57.2 Å². The third-order valence-electron chi connectivity index (χ3n) is 5.52. The number of para-hydroxylation sites is 1. The Hall–Kier alpha value is -2.74. The van der Waals surface area contributed by atoms with Crippen LogP contribution in [0.2, 0.25) is 0 Å². The van der Waals surface area contributed by atoms with Crippen molar-refractivity contribution >= 4 is 21.6 Å². The second-order valence-corrected chi connectivity index (χ2v) is 11.0. The van der Waals surface area contributed by atoms with E-state index in [1.165, 1.54) is 4.31 Å². The average molecular weight is 461 g/mol. The summed E-state index contributed by atoms with van der Waals surface area (Å²) in [5.41, 5.74) is 1.72. The number of hydrogen-bond donors (Lipinski definition) is 1. The van der Waals surface area contributed by atoms with Crippen LogP contribution in [0.5, 0.6) is 11.5 Å². The molecule has 0 fully saturated rings. The standard InChI is InChI=1S/C24H32N2O5S/c1-16(2)18-9-7-8-10-21(18)26(32(6,28)29)15-23(27)25-20-14-24(3,4)31-22-12-11-17(30-5)13-19(20)22/h7-13,16,20H,14-15H2,1-6H3,(H,25,27). The maximum Gasteiger partial charge on any atom is 0.241 e. The number of fused-ring (bicyclic) bond motifs is 1. The van der Waals surface area contributed by atoms with Gasteiger partial charge < -0.3 is 14.8 Å². The predicted molar refractivity (Wildman–Crippen MR) is 126 cm³/mol. The summed E-state index contributed by atoms with van der Waals surface area (Å²) in [5.74, 6) is 1.06. The molecule has 174 valence electrons. The van der Waals surface area contributed by atoms with Crippen molar-refractivity contribution in [2.45, 2.75) is 51.7 Å². The number of carbonyl (C=O) groups is 1. The molecule has 2 aromatic rings. The summed E-state index contributed by atoms with van der Waals surface area (Å²) < 4.78 is 37.8. The number of methoxy groups -OCH3 is 1. The highest BCUT2D eigenvalue weighted by molar-refractivity contribution is 7.92. The van der Waals surface area contributed by atoms with E-state index in [1.54, 1.807) is 19.2 Å². The van der Waals surface area contributed by atoms with E-state index in [2.05, 4.69) is 5.32 Å². The smallest absolute Gasteiger partial charge is 0.241 e. The normalized spacial score (nSPS) is 17.3. The minimum atomic E-state index is -3.68. The second-order valence-electron chi connectivity index (χ2n) is 9.07. The minimum absolute atomic E-state index is 0.106. The molecule has 1 heterocycles. The van der Waals surface area contributed by atoms with Crippen molar-refractivity contribution in [2.75, 3.05) is 24.2 Å². The van der Waals surface area contributed by atoms with Gasteiger partial charge in [-0.05, 0) is 49.6 Å². The van der Waals surface area contributed by atoms with Gasteiger partial charge in [0.25, 0.3) is 0 Å². The highest BCUT2D eigenvalue weighted by Gasteiger charge is 2.35. The van der Waals surface area contributed by atoms with Crippen molar-refractivity contribution in [2.24, 2.45) is 0 Å². The van der Waals surface area contributed by atoms with E-state index < -0.39 is 15.6 Å².